The first kappa shape index (κ1) is 22.5. The highest BCUT2D eigenvalue weighted by molar-refractivity contribution is 6.51. The van der Waals surface area contributed by atoms with E-state index in [1.165, 1.54) is 24.3 Å². The molecule has 0 radical (unpaired) electrons. The molecule has 1 fully saturated rings. The maximum absolute atomic E-state index is 13.1. The Hall–Kier alpha value is -3.71. The number of ketones is 1. The highest BCUT2D eigenvalue weighted by atomic mass is 35.5. The number of rotatable bonds is 7. The van der Waals surface area contributed by atoms with Crippen molar-refractivity contribution >= 4 is 34.7 Å². The van der Waals surface area contributed by atoms with Crippen LogP contribution in [0.4, 0.5) is 5.69 Å². The fourth-order valence-corrected chi connectivity index (χ4v) is 3.96. The summed E-state index contributed by atoms with van der Waals surface area (Å²) in [5.41, 5.74) is 0.664. The minimum atomic E-state index is -0.972. The third-order valence-corrected chi connectivity index (χ3v) is 5.57. The summed E-state index contributed by atoms with van der Waals surface area (Å²) < 4.78 is 16.3. The van der Waals surface area contributed by atoms with Crippen molar-refractivity contribution < 1.29 is 28.6 Å². The Morgan fingerprint density at radius 2 is 1.91 bits per heavy atom. The van der Waals surface area contributed by atoms with E-state index in [2.05, 4.69) is 0 Å². The van der Waals surface area contributed by atoms with E-state index in [0.29, 0.717) is 35.1 Å². The van der Waals surface area contributed by atoms with Gasteiger partial charge in [0.1, 0.15) is 29.1 Å². The Morgan fingerprint density at radius 3 is 2.52 bits per heavy atom. The van der Waals surface area contributed by atoms with Gasteiger partial charge in [0.2, 0.25) is 0 Å². The van der Waals surface area contributed by atoms with E-state index in [0.717, 1.165) is 6.42 Å². The van der Waals surface area contributed by atoms with Crippen molar-refractivity contribution in [1.82, 2.24) is 0 Å². The molecule has 4 rings (SSSR count). The molecule has 0 spiro atoms. The second-order valence-electron chi connectivity index (χ2n) is 7.38. The van der Waals surface area contributed by atoms with Crippen LogP contribution in [-0.2, 0) is 9.59 Å². The maximum atomic E-state index is 13.1. The van der Waals surface area contributed by atoms with Gasteiger partial charge in [0, 0.05) is 11.3 Å². The fourth-order valence-electron chi connectivity index (χ4n) is 3.70. The molecule has 1 amide bonds. The molecule has 1 aromatic heterocycles. The smallest absolute Gasteiger partial charge is 0.300 e. The largest absolute Gasteiger partial charge is 0.507 e. The number of aliphatic hydroxyl groups excluding tert-OH is 1. The number of Topliss-reactive ketones (excluding diaryl/α,β-unsaturated/α-hetero) is 1. The van der Waals surface area contributed by atoms with Crippen LogP contribution in [0.5, 0.6) is 11.5 Å². The fraction of sp³-hybridized carbons (Fsp3) is 0.200. The van der Waals surface area contributed by atoms with Crippen LogP contribution in [-0.4, -0.2) is 30.5 Å². The Bertz CT molecular complexity index is 1200. The van der Waals surface area contributed by atoms with E-state index in [9.17, 15) is 14.7 Å². The average Bonchev–Trinajstić information content (AvgIpc) is 3.44. The number of carbonyl (C=O) groups excluding carboxylic acids is 2. The summed E-state index contributed by atoms with van der Waals surface area (Å²) in [6.45, 7) is 2.57. The van der Waals surface area contributed by atoms with Crippen molar-refractivity contribution in [2.75, 3.05) is 18.6 Å². The van der Waals surface area contributed by atoms with Crippen LogP contribution in [0.25, 0.3) is 5.76 Å². The summed E-state index contributed by atoms with van der Waals surface area (Å²) in [6, 6.07) is 13.7. The number of hydrogen-bond donors (Lipinski definition) is 1. The Balaban J connectivity index is 1.81. The SMILES string of the molecule is CCCOc1ccc(/C(O)=C2/C(=O)C(=O)N(c3ccc(OC)c(Cl)c3)C2c2ccco2)cc1. The summed E-state index contributed by atoms with van der Waals surface area (Å²) in [5.74, 6) is -0.542. The van der Waals surface area contributed by atoms with Gasteiger partial charge in [-0.1, -0.05) is 18.5 Å². The molecule has 1 aliphatic rings. The van der Waals surface area contributed by atoms with E-state index in [1.54, 1.807) is 48.5 Å². The van der Waals surface area contributed by atoms with Crippen LogP contribution in [0.3, 0.4) is 0 Å². The number of benzene rings is 2. The van der Waals surface area contributed by atoms with Crippen LogP contribution in [0.1, 0.15) is 30.7 Å². The highest BCUT2D eigenvalue weighted by Gasteiger charge is 2.48. The van der Waals surface area contributed by atoms with E-state index in [4.69, 9.17) is 25.5 Å². The lowest BCUT2D eigenvalue weighted by atomic mass is 9.99. The van der Waals surface area contributed by atoms with E-state index in [-0.39, 0.29) is 16.4 Å². The van der Waals surface area contributed by atoms with Crippen LogP contribution in [0.15, 0.2) is 70.9 Å². The zero-order valence-electron chi connectivity index (χ0n) is 18.1. The normalized spacial score (nSPS) is 17.4. The summed E-state index contributed by atoms with van der Waals surface area (Å²) in [6.07, 6.45) is 2.31. The van der Waals surface area contributed by atoms with Crippen LogP contribution in [0.2, 0.25) is 5.02 Å². The van der Waals surface area contributed by atoms with Gasteiger partial charge in [0.15, 0.2) is 0 Å². The topological polar surface area (TPSA) is 89.2 Å². The molecule has 2 aromatic carbocycles. The van der Waals surface area contributed by atoms with Gasteiger partial charge in [-0.05, 0) is 61.0 Å². The molecule has 0 saturated carbocycles. The average molecular weight is 468 g/mol. The molecule has 170 valence electrons. The molecule has 3 aromatic rings. The Labute approximate surface area is 195 Å². The molecule has 33 heavy (non-hydrogen) atoms. The van der Waals surface area contributed by atoms with Crippen molar-refractivity contribution in [1.29, 1.82) is 0 Å². The van der Waals surface area contributed by atoms with Crippen LogP contribution >= 0.6 is 11.6 Å². The van der Waals surface area contributed by atoms with Gasteiger partial charge in [-0.2, -0.15) is 0 Å². The number of aliphatic hydroxyl groups is 1. The van der Waals surface area contributed by atoms with Crippen molar-refractivity contribution in [2.45, 2.75) is 19.4 Å². The highest BCUT2D eigenvalue weighted by Crippen LogP contribution is 2.43. The van der Waals surface area contributed by atoms with Gasteiger partial charge >= 0.3 is 0 Å². The summed E-state index contributed by atoms with van der Waals surface area (Å²) in [5, 5.41) is 11.4. The van der Waals surface area contributed by atoms with Crippen molar-refractivity contribution in [3.8, 4) is 11.5 Å². The monoisotopic (exact) mass is 467 g/mol. The molecule has 0 aliphatic carbocycles. The molecule has 8 heteroatoms. The molecular formula is C25H22ClNO6. The van der Waals surface area contributed by atoms with E-state index in [1.807, 2.05) is 6.92 Å². The van der Waals surface area contributed by atoms with Gasteiger partial charge in [-0.15, -0.1) is 0 Å². The van der Waals surface area contributed by atoms with Crippen molar-refractivity contribution in [3.05, 3.63) is 82.8 Å². The second kappa shape index (κ2) is 9.42. The molecule has 1 N–H and O–H groups in total. The molecule has 1 aliphatic heterocycles. The lowest BCUT2D eigenvalue weighted by molar-refractivity contribution is -0.132. The zero-order valence-corrected chi connectivity index (χ0v) is 18.8. The minimum absolute atomic E-state index is 0.0795. The number of nitrogens with zero attached hydrogens (tertiary/aromatic N) is 1. The van der Waals surface area contributed by atoms with E-state index >= 15 is 0 Å². The van der Waals surface area contributed by atoms with Crippen molar-refractivity contribution in [2.24, 2.45) is 0 Å². The summed E-state index contributed by atoms with van der Waals surface area (Å²) in [7, 11) is 1.48. The Kier molecular flexibility index (Phi) is 6.42. The quantitative estimate of drug-likeness (QED) is 0.286. The van der Waals surface area contributed by atoms with Crippen LogP contribution in [0, 0.1) is 0 Å². The number of hydrogen-bond acceptors (Lipinski definition) is 6. The molecular weight excluding hydrogens is 446 g/mol. The number of ether oxygens (including phenoxy) is 2. The number of furan rings is 1. The van der Waals surface area contributed by atoms with E-state index < -0.39 is 17.7 Å². The number of amides is 1. The third kappa shape index (κ3) is 4.19. The van der Waals surface area contributed by atoms with Gasteiger partial charge < -0.3 is 19.0 Å². The predicted octanol–water partition coefficient (Wildman–Crippen LogP) is 5.36. The zero-order chi connectivity index (χ0) is 23.5. The lowest BCUT2D eigenvalue weighted by Gasteiger charge is -2.23. The number of anilines is 1. The Morgan fingerprint density at radius 1 is 1.15 bits per heavy atom. The van der Waals surface area contributed by atoms with Gasteiger partial charge in [-0.3, -0.25) is 14.5 Å². The molecule has 2 heterocycles. The maximum Gasteiger partial charge on any atom is 0.300 e. The summed E-state index contributed by atoms with van der Waals surface area (Å²) in [4.78, 5) is 27.4. The molecule has 1 atom stereocenters. The number of halogens is 1. The molecule has 1 saturated heterocycles. The second-order valence-corrected chi connectivity index (χ2v) is 7.78. The predicted molar refractivity (Wildman–Crippen MR) is 124 cm³/mol. The standard InChI is InChI=1S/C25H22ClNO6/c1-3-12-32-17-9-6-15(7-10-17)23(28)21-22(20-5-4-13-33-20)27(25(30)24(21)29)16-8-11-19(31-2)18(26)14-16/h4-11,13-14,22,28H,3,12H2,1-2H3/b23-21-. The lowest BCUT2D eigenvalue weighted by Crippen LogP contribution is -2.29. The number of methoxy groups -OCH3 is 1. The summed E-state index contributed by atoms with van der Waals surface area (Å²) >= 11 is 6.27. The van der Waals surface area contributed by atoms with Crippen molar-refractivity contribution in [3.63, 3.8) is 0 Å². The van der Waals surface area contributed by atoms with Gasteiger partial charge in [0.05, 0.1) is 30.6 Å². The number of carbonyl (C=O) groups is 2. The molecule has 0 bridgehead atoms. The minimum Gasteiger partial charge on any atom is -0.507 e. The molecule has 1 unspecified atom stereocenters. The van der Waals surface area contributed by atoms with Gasteiger partial charge in [0.25, 0.3) is 11.7 Å². The van der Waals surface area contributed by atoms with Gasteiger partial charge in [-0.25, -0.2) is 0 Å². The first-order valence-electron chi connectivity index (χ1n) is 10.4. The first-order chi connectivity index (χ1) is 16.0. The molecule has 7 nitrogen and oxygen atoms in total. The first-order valence-corrected chi connectivity index (χ1v) is 10.7. The van der Waals surface area contributed by atoms with Crippen LogP contribution < -0.4 is 14.4 Å². The third-order valence-electron chi connectivity index (χ3n) is 5.27.